The summed E-state index contributed by atoms with van der Waals surface area (Å²) in [6.45, 7) is 5.54. The molecule has 0 amide bonds. The number of guanidine groups is 1. The Balaban J connectivity index is 0.00000242. The highest BCUT2D eigenvalue weighted by molar-refractivity contribution is 14.0. The molecule has 2 rings (SSSR count). The van der Waals surface area contributed by atoms with Gasteiger partial charge in [-0.1, -0.05) is 0 Å². The van der Waals surface area contributed by atoms with Gasteiger partial charge < -0.3 is 15.0 Å². The monoisotopic (exact) mass is 425 g/mol. The largest absolute Gasteiger partial charge is 0.489 e. The molecule has 1 aliphatic heterocycles. The second-order valence-corrected chi connectivity index (χ2v) is 4.85. The van der Waals surface area contributed by atoms with Gasteiger partial charge in [0.15, 0.2) is 17.5 Å². The predicted octanol–water partition coefficient (Wildman–Crippen LogP) is 3.02. The number of nitrogens with one attached hydrogen (secondary N) is 1. The maximum atomic E-state index is 13.4. The summed E-state index contributed by atoms with van der Waals surface area (Å²) in [6.07, 6.45) is 2.36. The molecule has 1 saturated heterocycles. The van der Waals surface area contributed by atoms with Gasteiger partial charge in [-0.3, -0.25) is 0 Å². The van der Waals surface area contributed by atoms with Crippen molar-refractivity contribution >= 4 is 29.9 Å². The molecular weight excluding hydrogens is 403 g/mol. The number of likely N-dealkylation sites (tertiary alicyclic amines) is 1. The number of hydrogen-bond donors (Lipinski definition) is 1. The van der Waals surface area contributed by atoms with Crippen molar-refractivity contribution in [3.8, 4) is 5.75 Å². The zero-order chi connectivity index (χ0) is 15.1. The molecule has 1 heterocycles. The summed E-state index contributed by atoms with van der Waals surface area (Å²) in [5.74, 6) is -0.372. The second-order valence-electron chi connectivity index (χ2n) is 4.85. The minimum absolute atomic E-state index is 0. The minimum atomic E-state index is -0.689. The van der Waals surface area contributed by atoms with Gasteiger partial charge in [-0.25, -0.2) is 13.8 Å². The van der Waals surface area contributed by atoms with Crippen LogP contribution in [0.3, 0.4) is 0 Å². The quantitative estimate of drug-likeness (QED) is 0.341. The van der Waals surface area contributed by atoms with Crippen LogP contribution in [0.15, 0.2) is 23.2 Å². The number of rotatable bonds is 5. The van der Waals surface area contributed by atoms with E-state index in [2.05, 4.69) is 15.2 Å². The van der Waals surface area contributed by atoms with Gasteiger partial charge >= 0.3 is 0 Å². The first kappa shape index (κ1) is 18.9. The van der Waals surface area contributed by atoms with E-state index in [4.69, 9.17) is 4.74 Å². The number of benzene rings is 1. The summed E-state index contributed by atoms with van der Waals surface area (Å²) in [4.78, 5) is 6.68. The molecule has 0 atom stereocenters. The summed E-state index contributed by atoms with van der Waals surface area (Å²) in [7, 11) is 0. The fraction of sp³-hybridized carbons (Fsp3) is 0.533. The average Bonchev–Trinajstić information content (AvgIpc) is 2.98. The Labute approximate surface area is 147 Å². The number of hydrogen-bond acceptors (Lipinski definition) is 2. The van der Waals surface area contributed by atoms with Crippen LogP contribution < -0.4 is 10.1 Å². The van der Waals surface area contributed by atoms with E-state index in [-0.39, 0.29) is 36.3 Å². The fourth-order valence-corrected chi connectivity index (χ4v) is 2.25. The lowest BCUT2D eigenvalue weighted by molar-refractivity contribution is 0.309. The zero-order valence-corrected chi connectivity index (χ0v) is 15.0. The van der Waals surface area contributed by atoms with Gasteiger partial charge in [-0.05, 0) is 31.9 Å². The van der Waals surface area contributed by atoms with Crippen LogP contribution in [0.5, 0.6) is 5.75 Å². The standard InChI is InChI=1S/C15H21F2N3O.HI/c1-2-18-15(20-8-3-4-9-20)19-7-10-21-14-6-5-12(16)11-13(14)17;/h5-6,11H,2-4,7-10H2,1H3,(H,18,19);1H. The lowest BCUT2D eigenvalue weighted by Gasteiger charge is -2.20. The van der Waals surface area contributed by atoms with E-state index in [9.17, 15) is 8.78 Å². The molecule has 0 saturated carbocycles. The zero-order valence-electron chi connectivity index (χ0n) is 12.6. The van der Waals surface area contributed by atoms with Crippen molar-refractivity contribution in [3.63, 3.8) is 0 Å². The van der Waals surface area contributed by atoms with Crippen LogP contribution in [-0.2, 0) is 0 Å². The van der Waals surface area contributed by atoms with E-state index in [1.165, 1.54) is 25.0 Å². The molecular formula is C15H22F2IN3O. The van der Waals surface area contributed by atoms with Crippen LogP contribution in [0, 0.1) is 11.6 Å². The van der Waals surface area contributed by atoms with E-state index >= 15 is 0 Å². The van der Waals surface area contributed by atoms with E-state index in [0.717, 1.165) is 31.7 Å². The number of ether oxygens (including phenoxy) is 1. The molecule has 1 aliphatic rings. The van der Waals surface area contributed by atoms with Crippen molar-refractivity contribution in [3.05, 3.63) is 29.8 Å². The topological polar surface area (TPSA) is 36.9 Å². The third-order valence-electron chi connectivity index (χ3n) is 3.24. The van der Waals surface area contributed by atoms with Crippen molar-refractivity contribution in [2.45, 2.75) is 19.8 Å². The molecule has 0 spiro atoms. The summed E-state index contributed by atoms with van der Waals surface area (Å²) in [6, 6.07) is 3.28. The maximum Gasteiger partial charge on any atom is 0.194 e. The van der Waals surface area contributed by atoms with Crippen molar-refractivity contribution < 1.29 is 13.5 Å². The number of aliphatic imine (C=N–C) groups is 1. The smallest absolute Gasteiger partial charge is 0.194 e. The average molecular weight is 425 g/mol. The third kappa shape index (κ3) is 5.58. The molecule has 124 valence electrons. The molecule has 1 aromatic carbocycles. The normalized spacial score (nSPS) is 14.7. The highest BCUT2D eigenvalue weighted by Gasteiger charge is 2.15. The van der Waals surface area contributed by atoms with E-state index < -0.39 is 11.6 Å². The fourth-order valence-electron chi connectivity index (χ4n) is 2.25. The molecule has 4 nitrogen and oxygen atoms in total. The van der Waals surface area contributed by atoms with Crippen LogP contribution in [0.2, 0.25) is 0 Å². The van der Waals surface area contributed by atoms with Crippen molar-refractivity contribution in [2.24, 2.45) is 4.99 Å². The first-order valence-electron chi connectivity index (χ1n) is 7.32. The maximum absolute atomic E-state index is 13.4. The lowest BCUT2D eigenvalue weighted by Crippen LogP contribution is -2.39. The molecule has 0 radical (unpaired) electrons. The van der Waals surface area contributed by atoms with Crippen molar-refractivity contribution in [1.82, 2.24) is 10.2 Å². The molecule has 22 heavy (non-hydrogen) atoms. The Morgan fingerprint density at radius 1 is 1.32 bits per heavy atom. The first-order valence-corrected chi connectivity index (χ1v) is 7.32. The second kappa shape index (κ2) is 9.81. The van der Waals surface area contributed by atoms with Crippen LogP contribution in [-0.4, -0.2) is 43.6 Å². The molecule has 1 fully saturated rings. The molecule has 0 bridgehead atoms. The van der Waals surface area contributed by atoms with Gasteiger partial charge in [0.05, 0.1) is 6.54 Å². The van der Waals surface area contributed by atoms with Crippen LogP contribution in [0.1, 0.15) is 19.8 Å². The Morgan fingerprint density at radius 2 is 2.05 bits per heavy atom. The minimum Gasteiger partial charge on any atom is -0.489 e. The van der Waals surface area contributed by atoms with Gasteiger partial charge in [-0.2, -0.15) is 0 Å². The van der Waals surface area contributed by atoms with Crippen molar-refractivity contribution in [1.29, 1.82) is 0 Å². The van der Waals surface area contributed by atoms with Gasteiger partial charge in [0.25, 0.3) is 0 Å². The van der Waals surface area contributed by atoms with Crippen LogP contribution in [0.25, 0.3) is 0 Å². The highest BCUT2D eigenvalue weighted by Crippen LogP contribution is 2.17. The van der Waals surface area contributed by atoms with E-state index in [1.807, 2.05) is 6.92 Å². The Bertz CT molecular complexity index is 494. The van der Waals surface area contributed by atoms with Crippen LogP contribution >= 0.6 is 24.0 Å². The third-order valence-corrected chi connectivity index (χ3v) is 3.24. The summed E-state index contributed by atoms with van der Waals surface area (Å²) in [5, 5.41) is 3.24. The molecule has 0 aliphatic carbocycles. The summed E-state index contributed by atoms with van der Waals surface area (Å²) >= 11 is 0. The first-order chi connectivity index (χ1) is 10.2. The van der Waals surface area contributed by atoms with E-state index in [0.29, 0.717) is 6.54 Å². The number of halogens is 3. The van der Waals surface area contributed by atoms with Crippen molar-refractivity contribution in [2.75, 3.05) is 32.8 Å². The van der Waals surface area contributed by atoms with E-state index in [1.54, 1.807) is 0 Å². The number of nitrogens with zero attached hydrogens (tertiary/aromatic N) is 2. The van der Waals surface area contributed by atoms with Gasteiger partial charge in [0.2, 0.25) is 0 Å². The summed E-state index contributed by atoms with van der Waals surface area (Å²) in [5.41, 5.74) is 0. The molecule has 1 N–H and O–H groups in total. The SMILES string of the molecule is CCNC(=NCCOc1ccc(F)cc1F)N1CCCC1.I. The summed E-state index contributed by atoms with van der Waals surface area (Å²) < 4.78 is 31.4. The predicted molar refractivity (Wildman–Crippen MR) is 94.1 cm³/mol. The molecule has 7 heteroatoms. The van der Waals surface area contributed by atoms with Gasteiger partial charge in [-0.15, -0.1) is 24.0 Å². The lowest BCUT2D eigenvalue weighted by atomic mass is 10.3. The molecule has 0 unspecified atom stereocenters. The molecule has 1 aromatic rings. The Morgan fingerprint density at radius 3 is 2.68 bits per heavy atom. The van der Waals surface area contributed by atoms with Crippen LogP contribution in [0.4, 0.5) is 8.78 Å². The highest BCUT2D eigenvalue weighted by atomic mass is 127. The van der Waals surface area contributed by atoms with Gasteiger partial charge in [0.1, 0.15) is 12.4 Å². The Hall–Kier alpha value is -1.12. The van der Waals surface area contributed by atoms with Gasteiger partial charge in [0, 0.05) is 25.7 Å². The Kier molecular flexibility index (Phi) is 8.44. The molecule has 0 aromatic heterocycles.